The van der Waals surface area contributed by atoms with E-state index >= 15 is 0 Å². The first-order chi connectivity index (χ1) is 9.33. The average Bonchev–Trinajstić information content (AvgIpc) is 3.07. The highest BCUT2D eigenvalue weighted by molar-refractivity contribution is 5.93. The van der Waals surface area contributed by atoms with E-state index in [9.17, 15) is 4.79 Å². The van der Waals surface area contributed by atoms with Gasteiger partial charge in [0.1, 0.15) is 11.5 Å². The molecule has 1 aromatic heterocycles. The van der Waals surface area contributed by atoms with Crippen molar-refractivity contribution in [3.05, 3.63) is 6.20 Å². The summed E-state index contributed by atoms with van der Waals surface area (Å²) in [7, 11) is 0. The minimum absolute atomic E-state index is 0.120. The molecule has 1 amide bonds. The Morgan fingerprint density at radius 2 is 2.26 bits per heavy atom. The first kappa shape index (κ1) is 12.5. The highest BCUT2D eigenvalue weighted by Crippen LogP contribution is 2.29. The fraction of sp³-hybridized carbons (Fsp3) is 0.714. The van der Waals surface area contributed by atoms with Crippen LogP contribution in [0, 0.1) is 5.92 Å². The zero-order valence-corrected chi connectivity index (χ0v) is 11.3. The number of aryl methyl sites for hydroxylation is 1. The first-order valence-electron chi connectivity index (χ1n) is 7.42. The Kier molecular flexibility index (Phi) is 3.71. The van der Waals surface area contributed by atoms with Crippen LogP contribution in [0.1, 0.15) is 44.9 Å². The number of hydrogen-bond donors (Lipinski definition) is 2. The highest BCUT2D eigenvalue weighted by atomic mass is 16.1. The monoisotopic (exact) mass is 262 g/mol. The molecule has 2 aliphatic rings. The van der Waals surface area contributed by atoms with E-state index in [1.165, 1.54) is 25.7 Å². The van der Waals surface area contributed by atoms with Gasteiger partial charge < -0.3 is 10.6 Å². The van der Waals surface area contributed by atoms with Crippen LogP contribution < -0.4 is 10.6 Å². The van der Waals surface area contributed by atoms with E-state index in [1.54, 1.807) is 6.20 Å². The molecule has 1 aliphatic carbocycles. The largest absolute Gasteiger partial charge is 0.368 e. The third-order valence-corrected chi connectivity index (χ3v) is 4.21. The third-order valence-electron chi connectivity index (χ3n) is 4.21. The van der Waals surface area contributed by atoms with Crippen LogP contribution in [0.4, 0.5) is 11.5 Å². The van der Waals surface area contributed by atoms with E-state index in [2.05, 4.69) is 15.7 Å². The highest BCUT2D eigenvalue weighted by Gasteiger charge is 2.18. The maximum Gasteiger partial charge on any atom is 0.224 e. The van der Waals surface area contributed by atoms with Crippen LogP contribution in [0.15, 0.2) is 6.20 Å². The van der Waals surface area contributed by atoms with E-state index < -0.39 is 0 Å². The molecule has 0 radical (unpaired) electrons. The number of amides is 1. The molecule has 19 heavy (non-hydrogen) atoms. The fourth-order valence-corrected chi connectivity index (χ4v) is 3.12. The van der Waals surface area contributed by atoms with Crippen LogP contribution in [0.2, 0.25) is 0 Å². The fourth-order valence-electron chi connectivity index (χ4n) is 3.12. The van der Waals surface area contributed by atoms with Gasteiger partial charge in [0.05, 0.1) is 6.20 Å². The molecule has 2 heterocycles. The van der Waals surface area contributed by atoms with Gasteiger partial charge in [-0.1, -0.05) is 25.7 Å². The van der Waals surface area contributed by atoms with Crippen molar-refractivity contribution in [2.24, 2.45) is 5.92 Å². The lowest BCUT2D eigenvalue weighted by molar-refractivity contribution is -0.116. The van der Waals surface area contributed by atoms with Crippen LogP contribution in [-0.2, 0) is 11.3 Å². The molecule has 104 valence electrons. The Morgan fingerprint density at radius 1 is 1.42 bits per heavy atom. The third kappa shape index (κ3) is 2.91. The zero-order chi connectivity index (χ0) is 13.1. The number of nitrogens with zero attached hydrogens (tertiary/aromatic N) is 2. The normalized spacial score (nSPS) is 18.9. The van der Waals surface area contributed by atoms with Crippen molar-refractivity contribution in [3.8, 4) is 0 Å². The smallest absolute Gasteiger partial charge is 0.224 e. The molecule has 2 N–H and O–H groups in total. The quantitative estimate of drug-likeness (QED) is 0.877. The summed E-state index contributed by atoms with van der Waals surface area (Å²) in [6, 6.07) is 0. The Hall–Kier alpha value is -1.52. The van der Waals surface area contributed by atoms with Crippen molar-refractivity contribution in [3.63, 3.8) is 0 Å². The molecule has 0 atom stereocenters. The maximum atomic E-state index is 12.0. The number of aromatic nitrogens is 2. The summed E-state index contributed by atoms with van der Waals surface area (Å²) < 4.78 is 1.93. The molecule has 0 unspecified atom stereocenters. The van der Waals surface area contributed by atoms with Crippen LogP contribution >= 0.6 is 0 Å². The van der Waals surface area contributed by atoms with Gasteiger partial charge in [-0.05, 0) is 18.8 Å². The molecule has 1 fully saturated rings. The van der Waals surface area contributed by atoms with Gasteiger partial charge in [0.25, 0.3) is 0 Å². The molecule has 3 rings (SSSR count). The Labute approximate surface area is 113 Å². The lowest BCUT2D eigenvalue weighted by Crippen LogP contribution is -2.19. The summed E-state index contributed by atoms with van der Waals surface area (Å²) in [5.74, 6) is 1.85. The Bertz CT molecular complexity index is 448. The Balaban J connectivity index is 1.52. The van der Waals surface area contributed by atoms with E-state index in [4.69, 9.17) is 0 Å². The van der Waals surface area contributed by atoms with Crippen molar-refractivity contribution in [1.29, 1.82) is 0 Å². The summed E-state index contributed by atoms with van der Waals surface area (Å²) >= 11 is 0. The second-order valence-corrected chi connectivity index (χ2v) is 5.65. The lowest BCUT2D eigenvalue weighted by atomic mass is 10.0. The van der Waals surface area contributed by atoms with E-state index in [0.717, 1.165) is 43.4 Å². The number of rotatable bonds is 4. The number of fused-ring (bicyclic) bond motifs is 1. The van der Waals surface area contributed by atoms with Gasteiger partial charge in [-0.15, -0.1) is 0 Å². The number of carbonyl (C=O) groups is 1. The summed E-state index contributed by atoms with van der Waals surface area (Å²) in [6.07, 6.45) is 9.79. The van der Waals surface area contributed by atoms with Gasteiger partial charge >= 0.3 is 0 Å². The van der Waals surface area contributed by atoms with Gasteiger partial charge in [0.2, 0.25) is 5.91 Å². The standard InChI is InChI=1S/C14H22N4O/c19-13(7-6-11-4-1-2-5-11)17-12-10-16-18-9-3-8-15-14(12)18/h10-11,15H,1-9H2,(H,17,19). The van der Waals surface area contributed by atoms with Crippen molar-refractivity contribution in [1.82, 2.24) is 9.78 Å². The van der Waals surface area contributed by atoms with Gasteiger partial charge in [-0.25, -0.2) is 4.68 Å². The summed E-state index contributed by atoms with van der Waals surface area (Å²) in [5, 5.41) is 10.6. The van der Waals surface area contributed by atoms with E-state index in [-0.39, 0.29) is 5.91 Å². The predicted molar refractivity (Wildman–Crippen MR) is 75.2 cm³/mol. The predicted octanol–water partition coefficient (Wildman–Crippen LogP) is 2.61. The second kappa shape index (κ2) is 5.63. The molecule has 0 aromatic carbocycles. The minimum Gasteiger partial charge on any atom is -0.368 e. The summed E-state index contributed by atoms with van der Waals surface area (Å²) in [4.78, 5) is 12.0. The molecular weight excluding hydrogens is 240 g/mol. The van der Waals surface area contributed by atoms with E-state index in [0.29, 0.717) is 6.42 Å². The zero-order valence-electron chi connectivity index (χ0n) is 11.3. The van der Waals surface area contributed by atoms with Crippen molar-refractivity contribution < 1.29 is 4.79 Å². The van der Waals surface area contributed by atoms with Crippen molar-refractivity contribution in [2.45, 2.75) is 51.5 Å². The first-order valence-corrected chi connectivity index (χ1v) is 7.42. The molecule has 0 spiro atoms. The maximum absolute atomic E-state index is 12.0. The Morgan fingerprint density at radius 3 is 3.11 bits per heavy atom. The van der Waals surface area contributed by atoms with Crippen LogP contribution in [0.5, 0.6) is 0 Å². The number of carbonyl (C=O) groups excluding carboxylic acids is 1. The van der Waals surface area contributed by atoms with Crippen LogP contribution in [-0.4, -0.2) is 22.2 Å². The molecule has 1 aromatic rings. The van der Waals surface area contributed by atoms with Gasteiger partial charge in [0, 0.05) is 19.5 Å². The summed E-state index contributed by atoms with van der Waals surface area (Å²) in [6.45, 7) is 1.89. The topological polar surface area (TPSA) is 59.0 Å². The molecule has 0 saturated heterocycles. The van der Waals surface area contributed by atoms with Crippen molar-refractivity contribution >= 4 is 17.4 Å². The van der Waals surface area contributed by atoms with Crippen LogP contribution in [0.25, 0.3) is 0 Å². The number of hydrogen-bond acceptors (Lipinski definition) is 3. The second-order valence-electron chi connectivity index (χ2n) is 5.65. The van der Waals surface area contributed by atoms with Gasteiger partial charge in [-0.2, -0.15) is 5.10 Å². The van der Waals surface area contributed by atoms with Crippen molar-refractivity contribution in [2.75, 3.05) is 17.2 Å². The van der Waals surface area contributed by atoms with E-state index in [1.807, 2.05) is 4.68 Å². The molecule has 0 bridgehead atoms. The number of nitrogens with one attached hydrogen (secondary N) is 2. The molecule has 5 heteroatoms. The lowest BCUT2D eigenvalue weighted by Gasteiger charge is -2.17. The van der Waals surface area contributed by atoms with Crippen LogP contribution in [0.3, 0.4) is 0 Å². The molecular formula is C14H22N4O. The average molecular weight is 262 g/mol. The SMILES string of the molecule is O=C(CCC1CCCC1)Nc1cnn2c1NCCC2. The van der Waals surface area contributed by atoms with Gasteiger partial charge in [-0.3, -0.25) is 4.79 Å². The summed E-state index contributed by atoms with van der Waals surface area (Å²) in [5.41, 5.74) is 0.830. The minimum atomic E-state index is 0.120. The molecule has 5 nitrogen and oxygen atoms in total. The number of anilines is 2. The van der Waals surface area contributed by atoms with Gasteiger partial charge in [0.15, 0.2) is 0 Å². The molecule has 1 aliphatic heterocycles. The molecule has 1 saturated carbocycles.